The van der Waals surface area contributed by atoms with Crippen molar-refractivity contribution in [3.8, 4) is 34.1 Å². The van der Waals surface area contributed by atoms with E-state index < -0.39 is 0 Å². The first kappa shape index (κ1) is 20.8. The van der Waals surface area contributed by atoms with Crippen molar-refractivity contribution < 1.29 is 19.7 Å². The number of halogens is 2. The van der Waals surface area contributed by atoms with Crippen molar-refractivity contribution in [2.75, 3.05) is 14.2 Å². The normalized spacial score (nSPS) is 11.3. The summed E-state index contributed by atoms with van der Waals surface area (Å²) in [6.07, 6.45) is 0. The topological polar surface area (TPSA) is 58.9 Å². The van der Waals surface area contributed by atoms with Gasteiger partial charge in [0, 0.05) is 30.8 Å². The van der Waals surface area contributed by atoms with Gasteiger partial charge in [-0.3, -0.25) is 0 Å². The second-order valence-corrected chi connectivity index (χ2v) is 9.00. The van der Waals surface area contributed by atoms with Gasteiger partial charge in [0.2, 0.25) is 0 Å². The first-order valence-corrected chi connectivity index (χ1v) is 10.9. The predicted octanol–water partition coefficient (Wildman–Crippen LogP) is 7.23. The van der Waals surface area contributed by atoms with Gasteiger partial charge in [-0.05, 0) is 61.4 Å². The lowest BCUT2D eigenvalue weighted by atomic mass is 9.94. The molecule has 4 nitrogen and oxygen atoms in total. The Balaban J connectivity index is 2.18. The molecule has 0 saturated heterocycles. The van der Waals surface area contributed by atoms with Crippen LogP contribution in [0.15, 0.2) is 45.3 Å². The number of phenols is 2. The van der Waals surface area contributed by atoms with Crippen LogP contribution in [0.4, 0.5) is 0 Å². The van der Waals surface area contributed by atoms with Gasteiger partial charge in [-0.2, -0.15) is 0 Å². The Labute approximate surface area is 191 Å². The minimum absolute atomic E-state index is 0.140. The first-order valence-electron chi connectivity index (χ1n) is 9.26. The second kappa shape index (κ2) is 7.67. The van der Waals surface area contributed by atoms with Crippen LogP contribution in [0.2, 0.25) is 0 Å². The zero-order chi connectivity index (χ0) is 21.7. The number of aromatic hydroxyl groups is 2. The molecule has 0 aliphatic rings. The smallest absolute Gasteiger partial charge is 0.138 e. The fourth-order valence-corrected chi connectivity index (χ4v) is 5.11. The molecule has 0 aliphatic carbocycles. The Hall–Kier alpha value is -2.44. The standard InChI is InChI=1S/C24H20Br2O4/c1-11-5-15-17(25)9-13(23(29-3)21(15)19(27)7-11)14-10-18(26)16-6-12(2)8-20(28)22(16)24(14)30-4/h5-10,27-28H,1-4H3. The lowest BCUT2D eigenvalue weighted by Crippen LogP contribution is -1.96. The largest absolute Gasteiger partial charge is 0.507 e. The monoisotopic (exact) mass is 530 g/mol. The van der Waals surface area contributed by atoms with E-state index in [0.717, 1.165) is 42.0 Å². The van der Waals surface area contributed by atoms with E-state index in [2.05, 4.69) is 31.9 Å². The van der Waals surface area contributed by atoms with Crippen LogP contribution in [-0.2, 0) is 0 Å². The number of hydrogen-bond acceptors (Lipinski definition) is 4. The molecular formula is C24H20Br2O4. The van der Waals surface area contributed by atoms with Crippen molar-refractivity contribution in [2.45, 2.75) is 13.8 Å². The molecule has 154 valence electrons. The second-order valence-electron chi connectivity index (χ2n) is 7.29. The number of fused-ring (bicyclic) bond motifs is 2. The molecule has 2 N–H and O–H groups in total. The summed E-state index contributed by atoms with van der Waals surface area (Å²) in [5.74, 6) is 1.34. The summed E-state index contributed by atoms with van der Waals surface area (Å²) < 4.78 is 13.2. The van der Waals surface area contributed by atoms with Gasteiger partial charge >= 0.3 is 0 Å². The Morgan fingerprint density at radius 2 is 1.00 bits per heavy atom. The maximum Gasteiger partial charge on any atom is 0.138 e. The Morgan fingerprint density at radius 1 is 0.633 bits per heavy atom. The van der Waals surface area contributed by atoms with Crippen LogP contribution in [0.1, 0.15) is 11.1 Å². The molecule has 0 atom stereocenters. The highest BCUT2D eigenvalue weighted by molar-refractivity contribution is 9.11. The molecular weight excluding hydrogens is 512 g/mol. The van der Waals surface area contributed by atoms with Crippen molar-refractivity contribution in [3.63, 3.8) is 0 Å². The lowest BCUT2D eigenvalue weighted by Gasteiger charge is -2.19. The van der Waals surface area contributed by atoms with Crippen molar-refractivity contribution in [3.05, 3.63) is 56.5 Å². The molecule has 0 fully saturated rings. The van der Waals surface area contributed by atoms with Gasteiger partial charge in [-0.15, -0.1) is 0 Å². The molecule has 4 rings (SSSR count). The third-order valence-corrected chi connectivity index (χ3v) is 6.53. The molecule has 0 radical (unpaired) electrons. The minimum atomic E-state index is 0.140. The van der Waals surface area contributed by atoms with E-state index in [4.69, 9.17) is 9.47 Å². The van der Waals surface area contributed by atoms with Gasteiger partial charge in [0.1, 0.15) is 23.0 Å². The van der Waals surface area contributed by atoms with Crippen LogP contribution < -0.4 is 9.47 Å². The summed E-state index contributed by atoms with van der Waals surface area (Å²) in [5, 5.41) is 24.3. The Bertz CT molecular complexity index is 1230. The molecule has 6 heteroatoms. The number of methoxy groups -OCH3 is 2. The third-order valence-electron chi connectivity index (χ3n) is 5.22. The molecule has 0 aliphatic heterocycles. The summed E-state index contributed by atoms with van der Waals surface area (Å²) in [5.41, 5.74) is 3.36. The number of hydrogen-bond donors (Lipinski definition) is 2. The number of aryl methyl sites for hydroxylation is 2. The van der Waals surface area contributed by atoms with Crippen molar-refractivity contribution in [1.82, 2.24) is 0 Å². The maximum atomic E-state index is 10.7. The van der Waals surface area contributed by atoms with Crippen molar-refractivity contribution in [2.24, 2.45) is 0 Å². The van der Waals surface area contributed by atoms with Crippen LogP contribution >= 0.6 is 31.9 Å². The average Bonchev–Trinajstić information content (AvgIpc) is 2.68. The van der Waals surface area contributed by atoms with Crippen molar-refractivity contribution >= 4 is 53.4 Å². The van der Waals surface area contributed by atoms with Gasteiger partial charge in [0.15, 0.2) is 0 Å². The molecule has 0 heterocycles. The zero-order valence-corrected chi connectivity index (χ0v) is 20.1. The van der Waals surface area contributed by atoms with E-state index in [1.165, 1.54) is 0 Å². The van der Waals surface area contributed by atoms with Gasteiger partial charge < -0.3 is 19.7 Å². The first-order chi connectivity index (χ1) is 14.3. The highest BCUT2D eigenvalue weighted by atomic mass is 79.9. The molecule has 4 aromatic carbocycles. The molecule has 0 bridgehead atoms. The highest BCUT2D eigenvalue weighted by Crippen LogP contribution is 2.51. The molecule has 30 heavy (non-hydrogen) atoms. The van der Waals surface area contributed by atoms with Gasteiger partial charge in [0.05, 0.1) is 25.0 Å². The Morgan fingerprint density at radius 3 is 1.33 bits per heavy atom. The van der Waals surface area contributed by atoms with Crippen LogP contribution in [0.5, 0.6) is 23.0 Å². The molecule has 4 aromatic rings. The predicted molar refractivity (Wildman–Crippen MR) is 128 cm³/mol. The van der Waals surface area contributed by atoms with Crippen molar-refractivity contribution in [1.29, 1.82) is 0 Å². The zero-order valence-electron chi connectivity index (χ0n) is 16.9. The molecule has 0 unspecified atom stereocenters. The highest BCUT2D eigenvalue weighted by Gasteiger charge is 2.23. The number of rotatable bonds is 3. The van der Waals surface area contributed by atoms with Gasteiger partial charge in [-0.1, -0.05) is 31.9 Å². The summed E-state index contributed by atoms with van der Waals surface area (Å²) >= 11 is 7.29. The summed E-state index contributed by atoms with van der Waals surface area (Å²) in [6.45, 7) is 3.86. The van der Waals surface area contributed by atoms with E-state index >= 15 is 0 Å². The summed E-state index contributed by atoms with van der Waals surface area (Å²) in [6, 6.07) is 11.3. The molecule has 0 spiro atoms. The van der Waals surface area contributed by atoms with Crippen LogP contribution in [-0.4, -0.2) is 24.4 Å². The SMILES string of the molecule is COc1c(-c2cc(Br)c3cc(C)cc(O)c3c2OC)cc(Br)c2cc(C)cc(O)c12. The quantitative estimate of drug-likeness (QED) is 0.293. The van der Waals surface area contributed by atoms with E-state index in [1.807, 2.05) is 38.1 Å². The molecule has 0 amide bonds. The van der Waals surface area contributed by atoms with E-state index in [9.17, 15) is 10.2 Å². The summed E-state index contributed by atoms with van der Waals surface area (Å²) in [4.78, 5) is 0. The van der Waals surface area contributed by atoms with Crippen LogP contribution in [0, 0.1) is 13.8 Å². The van der Waals surface area contributed by atoms with Gasteiger partial charge in [0.25, 0.3) is 0 Å². The number of benzene rings is 4. The van der Waals surface area contributed by atoms with Crippen LogP contribution in [0.25, 0.3) is 32.7 Å². The Kier molecular flexibility index (Phi) is 5.32. The van der Waals surface area contributed by atoms with Gasteiger partial charge in [-0.25, -0.2) is 0 Å². The maximum absolute atomic E-state index is 10.7. The van der Waals surface area contributed by atoms with E-state index in [0.29, 0.717) is 22.3 Å². The third kappa shape index (κ3) is 3.19. The van der Waals surface area contributed by atoms with E-state index in [-0.39, 0.29) is 11.5 Å². The minimum Gasteiger partial charge on any atom is -0.507 e. The molecule has 0 aromatic heterocycles. The number of phenolic OH excluding ortho intramolecular Hbond substituents is 2. The fraction of sp³-hybridized carbons (Fsp3) is 0.167. The van der Waals surface area contributed by atoms with E-state index in [1.54, 1.807) is 26.4 Å². The summed E-state index contributed by atoms with van der Waals surface area (Å²) in [7, 11) is 3.16. The fourth-order valence-electron chi connectivity index (χ4n) is 4.02. The number of ether oxygens (including phenoxy) is 2. The molecule has 0 saturated carbocycles. The van der Waals surface area contributed by atoms with Crippen LogP contribution in [0.3, 0.4) is 0 Å². The lowest BCUT2D eigenvalue weighted by molar-refractivity contribution is 0.411. The average molecular weight is 532 g/mol.